The second-order valence-corrected chi connectivity index (χ2v) is 7.09. The Morgan fingerprint density at radius 3 is 2.82 bits per heavy atom. The molecule has 0 saturated heterocycles. The number of amides is 1. The van der Waals surface area contributed by atoms with Crippen molar-refractivity contribution in [3.05, 3.63) is 65.0 Å². The topological polar surface area (TPSA) is 67.8 Å². The summed E-state index contributed by atoms with van der Waals surface area (Å²) in [6.07, 6.45) is 4.01. The van der Waals surface area contributed by atoms with E-state index in [0.717, 1.165) is 27.0 Å². The van der Waals surface area contributed by atoms with Crippen LogP contribution in [-0.2, 0) is 16.0 Å². The third-order valence-corrected chi connectivity index (χ3v) is 5.00. The number of thiophene rings is 1. The zero-order chi connectivity index (χ0) is 19.8. The summed E-state index contributed by atoms with van der Waals surface area (Å²) in [6.45, 7) is 3.24. The van der Waals surface area contributed by atoms with E-state index in [1.165, 1.54) is 6.08 Å². The van der Waals surface area contributed by atoms with Gasteiger partial charge in [0, 0.05) is 29.3 Å². The lowest BCUT2D eigenvalue weighted by Crippen LogP contribution is -2.23. The minimum Gasteiger partial charge on any atom is -0.508 e. The molecule has 1 aromatic heterocycles. The molecule has 0 aliphatic heterocycles. The van der Waals surface area contributed by atoms with Crippen LogP contribution in [0, 0.1) is 0 Å². The Morgan fingerprint density at radius 2 is 2.04 bits per heavy atom. The van der Waals surface area contributed by atoms with Gasteiger partial charge in [0.25, 0.3) is 0 Å². The molecule has 146 valence electrons. The van der Waals surface area contributed by atoms with E-state index >= 15 is 0 Å². The normalized spacial score (nSPS) is 11.2. The molecule has 0 saturated carbocycles. The van der Waals surface area contributed by atoms with Crippen molar-refractivity contribution in [1.29, 1.82) is 0 Å². The second-order valence-electron chi connectivity index (χ2n) is 6.15. The van der Waals surface area contributed by atoms with E-state index in [9.17, 15) is 9.90 Å². The Labute approximate surface area is 168 Å². The summed E-state index contributed by atoms with van der Waals surface area (Å²) >= 11 is 1.63. The molecule has 0 spiro atoms. The fourth-order valence-corrected chi connectivity index (χ4v) is 3.54. The highest BCUT2D eigenvalue weighted by atomic mass is 32.1. The van der Waals surface area contributed by atoms with Crippen molar-refractivity contribution in [1.82, 2.24) is 5.32 Å². The lowest BCUT2D eigenvalue weighted by molar-refractivity contribution is -0.116. The molecule has 0 aliphatic rings. The molecule has 2 N–H and O–H groups in total. The quantitative estimate of drug-likeness (QED) is 0.320. The molecule has 3 rings (SSSR count). The van der Waals surface area contributed by atoms with Gasteiger partial charge in [0.05, 0.1) is 0 Å². The van der Waals surface area contributed by atoms with Crippen LogP contribution in [0.5, 0.6) is 11.5 Å². The molecule has 1 heterocycles. The molecule has 0 radical (unpaired) electrons. The van der Waals surface area contributed by atoms with Gasteiger partial charge in [-0.15, -0.1) is 11.3 Å². The third-order valence-electron chi connectivity index (χ3n) is 4.13. The number of rotatable bonds is 9. The average molecular weight is 397 g/mol. The summed E-state index contributed by atoms with van der Waals surface area (Å²) in [5.41, 5.74) is 1.96. The highest BCUT2D eigenvalue weighted by Crippen LogP contribution is 2.32. The summed E-state index contributed by atoms with van der Waals surface area (Å²) in [4.78, 5) is 12.1. The summed E-state index contributed by atoms with van der Waals surface area (Å²) < 4.78 is 12.1. The average Bonchev–Trinajstić information content (AvgIpc) is 3.17. The van der Waals surface area contributed by atoms with Crippen LogP contribution >= 0.6 is 11.3 Å². The van der Waals surface area contributed by atoms with Crippen molar-refractivity contribution in [2.45, 2.75) is 13.3 Å². The Kier molecular flexibility index (Phi) is 7.06. The summed E-state index contributed by atoms with van der Waals surface area (Å²) in [5, 5.41) is 15.2. The van der Waals surface area contributed by atoms with Crippen LogP contribution in [-0.4, -0.2) is 31.0 Å². The first kappa shape index (κ1) is 19.9. The minimum atomic E-state index is -0.151. The van der Waals surface area contributed by atoms with Crippen molar-refractivity contribution in [2.75, 3.05) is 19.9 Å². The monoisotopic (exact) mass is 397 g/mol. The number of hydrogen-bond acceptors (Lipinski definition) is 5. The van der Waals surface area contributed by atoms with Gasteiger partial charge in [-0.1, -0.05) is 12.1 Å². The Morgan fingerprint density at radius 1 is 1.21 bits per heavy atom. The van der Waals surface area contributed by atoms with Crippen LogP contribution in [0.1, 0.15) is 18.1 Å². The fourth-order valence-electron chi connectivity index (χ4n) is 2.69. The van der Waals surface area contributed by atoms with E-state index in [4.69, 9.17) is 9.47 Å². The highest BCUT2D eigenvalue weighted by molar-refractivity contribution is 7.17. The maximum absolute atomic E-state index is 12.1. The minimum absolute atomic E-state index is 0.151. The maximum Gasteiger partial charge on any atom is 0.244 e. The maximum atomic E-state index is 12.1. The highest BCUT2D eigenvalue weighted by Gasteiger charge is 2.06. The zero-order valence-corrected chi connectivity index (χ0v) is 16.5. The second kappa shape index (κ2) is 9.92. The summed E-state index contributed by atoms with van der Waals surface area (Å²) in [5.74, 6) is 0.837. The van der Waals surface area contributed by atoms with Gasteiger partial charge in [-0.2, -0.15) is 0 Å². The van der Waals surface area contributed by atoms with Crippen LogP contribution in [0.3, 0.4) is 0 Å². The van der Waals surface area contributed by atoms with Crippen molar-refractivity contribution in [3.63, 3.8) is 0 Å². The Balaban J connectivity index is 1.58. The van der Waals surface area contributed by atoms with E-state index in [2.05, 4.69) is 5.32 Å². The van der Waals surface area contributed by atoms with E-state index in [-0.39, 0.29) is 18.4 Å². The molecule has 0 unspecified atom stereocenters. The fraction of sp³-hybridized carbons (Fsp3) is 0.227. The van der Waals surface area contributed by atoms with Crippen molar-refractivity contribution >= 4 is 33.4 Å². The number of phenolic OH excluding ortho intramolecular Hbond substituents is 1. The number of carbonyl (C=O) groups is 1. The standard InChI is InChI=1S/C22H23NO4S/c1-2-26-15-27-20-13-17(14-21-19(20)10-12-28-21)5-8-22(25)23-11-9-16-3-6-18(24)7-4-16/h3-8,10,12-14,24H,2,9,11,15H2,1H3,(H,23,25)/b8-5+. The molecule has 0 bridgehead atoms. The number of benzene rings is 2. The zero-order valence-electron chi connectivity index (χ0n) is 15.7. The molecule has 28 heavy (non-hydrogen) atoms. The largest absolute Gasteiger partial charge is 0.508 e. The van der Waals surface area contributed by atoms with Gasteiger partial charge < -0.3 is 19.9 Å². The number of nitrogens with one attached hydrogen (secondary N) is 1. The Hall–Kier alpha value is -2.83. The molecule has 6 heteroatoms. The smallest absolute Gasteiger partial charge is 0.244 e. The molecule has 5 nitrogen and oxygen atoms in total. The van der Waals surface area contributed by atoms with Gasteiger partial charge in [0.15, 0.2) is 6.79 Å². The number of hydrogen-bond donors (Lipinski definition) is 2. The predicted octanol–water partition coefficient (Wildman–Crippen LogP) is 4.35. The lowest BCUT2D eigenvalue weighted by atomic mass is 10.1. The molecule has 0 atom stereocenters. The predicted molar refractivity (Wildman–Crippen MR) is 113 cm³/mol. The molecular weight excluding hydrogens is 374 g/mol. The van der Waals surface area contributed by atoms with E-state index in [0.29, 0.717) is 19.6 Å². The van der Waals surface area contributed by atoms with Gasteiger partial charge in [-0.25, -0.2) is 0 Å². The van der Waals surface area contributed by atoms with Gasteiger partial charge in [-0.3, -0.25) is 4.79 Å². The number of carbonyl (C=O) groups excluding carboxylic acids is 1. The van der Waals surface area contributed by atoms with E-state index < -0.39 is 0 Å². The first-order chi connectivity index (χ1) is 13.7. The van der Waals surface area contributed by atoms with Crippen molar-refractivity contribution < 1.29 is 19.4 Å². The van der Waals surface area contributed by atoms with Crippen LogP contribution < -0.4 is 10.1 Å². The van der Waals surface area contributed by atoms with Gasteiger partial charge in [0.1, 0.15) is 11.5 Å². The molecule has 0 aliphatic carbocycles. The van der Waals surface area contributed by atoms with Gasteiger partial charge in [0.2, 0.25) is 5.91 Å². The van der Waals surface area contributed by atoms with Crippen molar-refractivity contribution in [3.8, 4) is 11.5 Å². The SMILES string of the molecule is CCOCOc1cc(/C=C/C(=O)NCCc2ccc(O)cc2)cc2sccc12. The molecule has 3 aromatic rings. The molecule has 2 aromatic carbocycles. The van der Waals surface area contributed by atoms with Crippen molar-refractivity contribution in [2.24, 2.45) is 0 Å². The molecule has 0 fully saturated rings. The van der Waals surface area contributed by atoms with Crippen LogP contribution in [0.25, 0.3) is 16.2 Å². The van der Waals surface area contributed by atoms with Gasteiger partial charge in [-0.05, 0) is 66.3 Å². The molecule has 1 amide bonds. The lowest BCUT2D eigenvalue weighted by Gasteiger charge is -2.08. The third kappa shape index (κ3) is 5.58. The van der Waals surface area contributed by atoms with Crippen LogP contribution in [0.2, 0.25) is 0 Å². The molecular formula is C22H23NO4S. The summed E-state index contributed by atoms with van der Waals surface area (Å²) in [7, 11) is 0. The first-order valence-corrected chi connectivity index (χ1v) is 9.99. The number of fused-ring (bicyclic) bond motifs is 1. The summed E-state index contributed by atoms with van der Waals surface area (Å²) in [6, 6.07) is 12.9. The number of ether oxygens (including phenoxy) is 2. The Bertz CT molecular complexity index is 947. The van der Waals surface area contributed by atoms with E-state index in [1.807, 2.05) is 42.6 Å². The van der Waals surface area contributed by atoms with E-state index in [1.54, 1.807) is 29.5 Å². The van der Waals surface area contributed by atoms with Crippen LogP contribution in [0.4, 0.5) is 0 Å². The van der Waals surface area contributed by atoms with Crippen LogP contribution in [0.15, 0.2) is 53.9 Å². The first-order valence-electron chi connectivity index (χ1n) is 9.11. The number of aromatic hydroxyl groups is 1. The number of phenols is 1. The van der Waals surface area contributed by atoms with Gasteiger partial charge >= 0.3 is 0 Å².